The highest BCUT2D eigenvalue weighted by atomic mass is 79.9. The van der Waals surface area contributed by atoms with Gasteiger partial charge in [-0.1, -0.05) is 30.0 Å². The van der Waals surface area contributed by atoms with E-state index in [1.54, 1.807) is 0 Å². The second-order valence-corrected chi connectivity index (χ2v) is 6.78. The molecule has 132 valence electrons. The van der Waals surface area contributed by atoms with Crippen LogP contribution in [0.1, 0.15) is 0 Å². The molecule has 1 amide bonds. The number of benzene rings is 2. The molecule has 8 nitrogen and oxygen atoms in total. The summed E-state index contributed by atoms with van der Waals surface area (Å²) in [7, 11) is 0. The number of rotatable bonds is 6. The van der Waals surface area contributed by atoms with Gasteiger partial charge in [-0.05, 0) is 34.1 Å². The Morgan fingerprint density at radius 2 is 2.00 bits per heavy atom. The number of anilines is 1. The number of halogens is 1. The Bertz CT molecular complexity index is 948. The quantitative estimate of drug-likeness (QED) is 0.352. The largest absolute Gasteiger partial charge is 0.411 e. The lowest BCUT2D eigenvalue weighted by Crippen LogP contribution is -2.14. The maximum absolute atomic E-state index is 12.1. The summed E-state index contributed by atoms with van der Waals surface area (Å²) in [5.74, 6) is 0.135. The number of non-ortho nitro benzene ring substituents is 1. The van der Waals surface area contributed by atoms with Crippen LogP contribution >= 0.6 is 27.7 Å². The molecule has 0 radical (unpaired) electrons. The van der Waals surface area contributed by atoms with Crippen molar-refractivity contribution in [2.45, 2.75) is 5.22 Å². The first kappa shape index (κ1) is 18.1. The van der Waals surface area contributed by atoms with Gasteiger partial charge >= 0.3 is 0 Å². The minimum atomic E-state index is -0.508. The van der Waals surface area contributed by atoms with Crippen LogP contribution in [0.4, 0.5) is 11.4 Å². The molecule has 26 heavy (non-hydrogen) atoms. The molecule has 0 atom stereocenters. The van der Waals surface area contributed by atoms with Crippen molar-refractivity contribution < 1.29 is 14.1 Å². The number of nitrogens with zero attached hydrogens (tertiary/aromatic N) is 3. The SMILES string of the molecule is O=C(CSc1nnc(-c2ccccc2)o1)Nc1ccc([N+](=O)[O-])cc1Br. The molecule has 0 unspecified atom stereocenters. The molecule has 0 saturated heterocycles. The highest BCUT2D eigenvalue weighted by molar-refractivity contribution is 9.10. The zero-order valence-corrected chi connectivity index (χ0v) is 15.5. The predicted molar refractivity (Wildman–Crippen MR) is 99.9 cm³/mol. The van der Waals surface area contributed by atoms with E-state index in [1.807, 2.05) is 30.3 Å². The molecular weight excluding hydrogens is 424 g/mol. The van der Waals surface area contributed by atoms with Crippen molar-refractivity contribution in [1.82, 2.24) is 10.2 Å². The Morgan fingerprint density at radius 1 is 1.23 bits per heavy atom. The van der Waals surface area contributed by atoms with E-state index in [0.717, 1.165) is 17.3 Å². The van der Waals surface area contributed by atoms with E-state index in [1.165, 1.54) is 18.2 Å². The molecule has 1 heterocycles. The Morgan fingerprint density at radius 3 is 2.69 bits per heavy atom. The Hall–Kier alpha value is -2.72. The van der Waals surface area contributed by atoms with Crippen LogP contribution < -0.4 is 5.32 Å². The lowest BCUT2D eigenvalue weighted by Gasteiger charge is -2.06. The molecule has 1 aromatic heterocycles. The number of thioether (sulfide) groups is 1. The normalized spacial score (nSPS) is 10.5. The highest BCUT2D eigenvalue weighted by Gasteiger charge is 2.14. The number of aromatic nitrogens is 2. The third kappa shape index (κ3) is 4.46. The van der Waals surface area contributed by atoms with Gasteiger partial charge in [0.15, 0.2) is 0 Å². The molecule has 3 aromatic rings. The fourth-order valence-electron chi connectivity index (χ4n) is 2.00. The minimum Gasteiger partial charge on any atom is -0.411 e. The van der Waals surface area contributed by atoms with Gasteiger partial charge in [-0.15, -0.1) is 10.2 Å². The summed E-state index contributed by atoms with van der Waals surface area (Å²) in [5, 5.41) is 21.5. The number of carbonyl (C=O) groups excluding carboxylic acids is 1. The van der Waals surface area contributed by atoms with Gasteiger partial charge in [-0.2, -0.15) is 0 Å². The Balaban J connectivity index is 1.58. The van der Waals surface area contributed by atoms with Crippen molar-refractivity contribution in [2.75, 3.05) is 11.1 Å². The fourth-order valence-corrected chi connectivity index (χ4v) is 3.03. The number of hydrogen-bond donors (Lipinski definition) is 1. The molecule has 0 fully saturated rings. The van der Waals surface area contributed by atoms with Crippen LogP contribution in [0.15, 0.2) is 62.6 Å². The zero-order chi connectivity index (χ0) is 18.5. The molecule has 10 heteroatoms. The lowest BCUT2D eigenvalue weighted by molar-refractivity contribution is -0.384. The average Bonchev–Trinajstić information content (AvgIpc) is 3.11. The molecule has 0 saturated carbocycles. The van der Waals surface area contributed by atoms with Crippen molar-refractivity contribution in [1.29, 1.82) is 0 Å². The maximum atomic E-state index is 12.1. The Labute approximate surface area is 160 Å². The highest BCUT2D eigenvalue weighted by Crippen LogP contribution is 2.28. The third-order valence-corrected chi connectivity index (χ3v) is 4.67. The van der Waals surface area contributed by atoms with E-state index < -0.39 is 4.92 Å². The van der Waals surface area contributed by atoms with Crippen molar-refractivity contribution in [3.63, 3.8) is 0 Å². The van der Waals surface area contributed by atoms with Gasteiger partial charge in [0.2, 0.25) is 11.8 Å². The molecule has 1 N–H and O–H groups in total. The number of amides is 1. The van der Waals surface area contributed by atoms with Crippen molar-refractivity contribution >= 4 is 45.0 Å². The zero-order valence-electron chi connectivity index (χ0n) is 13.1. The molecule has 0 bridgehead atoms. The molecular formula is C16H11BrN4O4S. The molecule has 3 rings (SSSR count). The fraction of sp³-hybridized carbons (Fsp3) is 0.0625. The summed E-state index contributed by atoms with van der Waals surface area (Å²) in [6.07, 6.45) is 0. The molecule has 0 aliphatic rings. The van der Waals surface area contributed by atoms with E-state index in [2.05, 4.69) is 31.4 Å². The van der Waals surface area contributed by atoms with Crippen LogP contribution in [0.5, 0.6) is 0 Å². The summed E-state index contributed by atoms with van der Waals surface area (Å²) in [6, 6.07) is 13.4. The van der Waals surface area contributed by atoms with Crippen molar-refractivity contribution in [3.8, 4) is 11.5 Å². The van der Waals surface area contributed by atoms with Crippen LogP contribution in [0.3, 0.4) is 0 Å². The van der Waals surface area contributed by atoms with E-state index in [4.69, 9.17) is 4.42 Å². The van der Waals surface area contributed by atoms with Gasteiger partial charge in [0.1, 0.15) is 0 Å². The van der Waals surface area contributed by atoms with Gasteiger partial charge in [-0.25, -0.2) is 0 Å². The summed E-state index contributed by atoms with van der Waals surface area (Å²) >= 11 is 4.30. The summed E-state index contributed by atoms with van der Waals surface area (Å²) < 4.78 is 5.94. The van der Waals surface area contributed by atoms with Crippen LogP contribution in [-0.4, -0.2) is 26.8 Å². The topological polar surface area (TPSA) is 111 Å². The first-order valence-corrected chi connectivity index (χ1v) is 9.06. The molecule has 0 spiro atoms. The van der Waals surface area contributed by atoms with E-state index in [-0.39, 0.29) is 22.6 Å². The minimum absolute atomic E-state index is 0.0554. The van der Waals surface area contributed by atoms with Crippen LogP contribution in [-0.2, 0) is 4.79 Å². The van der Waals surface area contributed by atoms with Gasteiger partial charge in [0.25, 0.3) is 10.9 Å². The van der Waals surface area contributed by atoms with Gasteiger partial charge in [0.05, 0.1) is 16.4 Å². The Kier molecular flexibility index (Phi) is 5.64. The average molecular weight is 435 g/mol. The van der Waals surface area contributed by atoms with Crippen molar-refractivity contribution in [2.24, 2.45) is 0 Å². The van der Waals surface area contributed by atoms with Crippen LogP contribution in [0.25, 0.3) is 11.5 Å². The monoisotopic (exact) mass is 434 g/mol. The van der Waals surface area contributed by atoms with Crippen LogP contribution in [0, 0.1) is 10.1 Å². The second-order valence-electron chi connectivity index (χ2n) is 5.00. The van der Waals surface area contributed by atoms with Gasteiger partial charge in [-0.3, -0.25) is 14.9 Å². The molecule has 0 aliphatic carbocycles. The molecule has 0 aliphatic heterocycles. The van der Waals surface area contributed by atoms with Gasteiger partial charge in [0, 0.05) is 22.2 Å². The maximum Gasteiger partial charge on any atom is 0.277 e. The third-order valence-electron chi connectivity index (χ3n) is 3.19. The second kappa shape index (κ2) is 8.11. The summed E-state index contributed by atoms with van der Waals surface area (Å²) in [6.45, 7) is 0. The first-order valence-electron chi connectivity index (χ1n) is 7.28. The number of nitro benzene ring substituents is 1. The van der Waals surface area contributed by atoms with Crippen LogP contribution in [0.2, 0.25) is 0 Å². The van der Waals surface area contributed by atoms with Crippen molar-refractivity contribution in [3.05, 3.63) is 63.1 Å². The summed E-state index contributed by atoms with van der Waals surface area (Å²) in [5.41, 5.74) is 1.17. The molecule has 2 aromatic carbocycles. The number of carbonyl (C=O) groups is 1. The predicted octanol–water partition coefficient (Wildman–Crippen LogP) is 4.14. The van der Waals surface area contributed by atoms with E-state index in [9.17, 15) is 14.9 Å². The van der Waals surface area contributed by atoms with E-state index >= 15 is 0 Å². The summed E-state index contributed by atoms with van der Waals surface area (Å²) in [4.78, 5) is 22.3. The standard InChI is InChI=1S/C16H11BrN4O4S/c17-12-8-11(21(23)24)6-7-13(12)18-14(22)9-26-16-20-19-15(25-16)10-4-2-1-3-5-10/h1-8H,9H2,(H,18,22). The van der Waals surface area contributed by atoms with E-state index in [0.29, 0.717) is 16.1 Å². The first-order chi connectivity index (χ1) is 12.5. The lowest BCUT2D eigenvalue weighted by atomic mass is 10.2. The van der Waals surface area contributed by atoms with Gasteiger partial charge < -0.3 is 9.73 Å². The number of nitrogens with one attached hydrogen (secondary N) is 1. The smallest absolute Gasteiger partial charge is 0.277 e. The number of nitro groups is 1. The number of hydrogen-bond acceptors (Lipinski definition) is 7.